The molecule has 0 aromatic carbocycles. The molecule has 0 fully saturated rings. The minimum absolute atomic E-state index is 0.311. The number of rotatable bonds is 2. The Bertz CT molecular complexity index is 152. The van der Waals surface area contributed by atoms with Gasteiger partial charge in [0.15, 0.2) is 0 Å². The van der Waals surface area contributed by atoms with Gasteiger partial charge in [-0.15, -0.1) is 13.2 Å². The van der Waals surface area contributed by atoms with Gasteiger partial charge in [0.05, 0.1) is 0 Å². The molecule has 0 bridgehead atoms. The summed E-state index contributed by atoms with van der Waals surface area (Å²) in [4.78, 5) is 10.0. The fraction of sp³-hybridized carbons (Fsp3) is 0.400. The first-order valence-corrected chi connectivity index (χ1v) is 2.49. The van der Waals surface area contributed by atoms with Crippen LogP contribution in [0.5, 0.6) is 0 Å². The van der Waals surface area contributed by atoms with E-state index in [0.717, 1.165) is 6.08 Å². The molecule has 0 atom stereocenters. The smallest absolute Gasteiger partial charge is 0.430 e. The fourth-order valence-electron chi connectivity index (χ4n) is 0.251. The van der Waals surface area contributed by atoms with E-state index < -0.39 is 12.5 Å². The Morgan fingerprint density at radius 3 is 2.45 bits per heavy atom. The molecule has 0 unspecified atom stereocenters. The molecule has 0 spiro atoms. The molecule has 0 N–H and O–H groups in total. The zero-order chi connectivity index (χ0) is 8.91. The van der Waals surface area contributed by atoms with E-state index in [2.05, 4.69) is 16.1 Å². The van der Waals surface area contributed by atoms with Gasteiger partial charge in [-0.25, -0.2) is 4.79 Å². The zero-order valence-corrected chi connectivity index (χ0v) is 5.35. The number of carbonyl (C=O) groups excluding carboxylic acids is 1. The summed E-state index contributed by atoms with van der Waals surface area (Å²) in [6, 6.07) is 0. The molecule has 0 aliphatic carbocycles. The molecule has 0 aromatic heterocycles. The van der Waals surface area contributed by atoms with Crippen molar-refractivity contribution in [2.75, 3.05) is 6.61 Å². The molecule has 0 amide bonds. The predicted molar refractivity (Wildman–Crippen MR) is 28.7 cm³/mol. The van der Waals surface area contributed by atoms with E-state index in [-0.39, 0.29) is 6.61 Å². The number of hydrogen-bond donors (Lipinski definition) is 0. The van der Waals surface area contributed by atoms with Crippen LogP contribution in [0, 0.1) is 0 Å². The molecule has 6 heteroatoms. The van der Waals surface area contributed by atoms with Crippen molar-refractivity contribution in [3.63, 3.8) is 0 Å². The maximum Gasteiger partial charge on any atom is 0.577 e. The number of alkyl halides is 3. The summed E-state index contributed by atoms with van der Waals surface area (Å²) in [7, 11) is 0. The van der Waals surface area contributed by atoms with E-state index in [1.54, 1.807) is 0 Å². The van der Waals surface area contributed by atoms with Crippen LogP contribution in [0.25, 0.3) is 0 Å². The molecule has 11 heavy (non-hydrogen) atoms. The molecule has 64 valence electrons. The number of hydrogen-bond acceptors (Lipinski definition) is 3. The van der Waals surface area contributed by atoms with Crippen LogP contribution in [-0.4, -0.2) is 19.1 Å². The largest absolute Gasteiger partial charge is 0.577 e. The molecular formula is C5H5F3O3. The molecule has 0 rings (SSSR count). The number of halogens is 3. The highest BCUT2D eigenvalue weighted by Crippen LogP contribution is 2.16. The van der Waals surface area contributed by atoms with Crippen LogP contribution in [-0.2, 0) is 9.47 Å². The summed E-state index contributed by atoms with van der Waals surface area (Å²) in [5, 5.41) is 0. The first-order valence-electron chi connectivity index (χ1n) is 2.49. The molecule has 0 saturated carbocycles. The molecule has 0 aromatic rings. The van der Waals surface area contributed by atoms with E-state index in [9.17, 15) is 18.0 Å². The number of carbonyl (C=O) groups is 1. The van der Waals surface area contributed by atoms with E-state index in [0.29, 0.717) is 0 Å². The van der Waals surface area contributed by atoms with Crippen LogP contribution in [0.1, 0.15) is 0 Å². The highest BCUT2D eigenvalue weighted by molar-refractivity contribution is 5.60. The average Bonchev–Trinajstić information content (AvgIpc) is 1.79. The highest BCUT2D eigenvalue weighted by atomic mass is 19.4. The average molecular weight is 170 g/mol. The third-order valence-electron chi connectivity index (χ3n) is 0.518. The van der Waals surface area contributed by atoms with Gasteiger partial charge in [-0.2, -0.15) is 0 Å². The van der Waals surface area contributed by atoms with Gasteiger partial charge in [-0.3, -0.25) is 0 Å². The summed E-state index contributed by atoms with van der Waals surface area (Å²) in [5.41, 5.74) is 0. The van der Waals surface area contributed by atoms with E-state index in [4.69, 9.17) is 0 Å². The second kappa shape index (κ2) is 3.85. The van der Waals surface area contributed by atoms with Gasteiger partial charge < -0.3 is 9.47 Å². The van der Waals surface area contributed by atoms with Crippen LogP contribution < -0.4 is 0 Å². The third kappa shape index (κ3) is 6.69. The van der Waals surface area contributed by atoms with Crippen molar-refractivity contribution >= 4 is 6.16 Å². The molecule has 0 radical (unpaired) electrons. The quantitative estimate of drug-likeness (QED) is 0.468. The lowest BCUT2D eigenvalue weighted by molar-refractivity contribution is -0.298. The molecule has 0 heterocycles. The van der Waals surface area contributed by atoms with E-state index in [1.807, 2.05) is 0 Å². The molecule has 0 aliphatic heterocycles. The van der Waals surface area contributed by atoms with E-state index >= 15 is 0 Å². The Kier molecular flexibility index (Phi) is 3.43. The molecule has 0 saturated heterocycles. The second-order valence-corrected chi connectivity index (χ2v) is 1.40. The van der Waals surface area contributed by atoms with Gasteiger partial charge >= 0.3 is 12.5 Å². The maximum absolute atomic E-state index is 11.2. The van der Waals surface area contributed by atoms with Crippen molar-refractivity contribution in [3.05, 3.63) is 12.7 Å². The number of ether oxygens (including phenoxy) is 2. The van der Waals surface area contributed by atoms with Gasteiger partial charge in [0, 0.05) is 0 Å². The minimum atomic E-state index is -4.99. The summed E-state index contributed by atoms with van der Waals surface area (Å²) >= 11 is 0. The van der Waals surface area contributed by atoms with Crippen molar-refractivity contribution < 1.29 is 27.4 Å². The van der Waals surface area contributed by atoms with Gasteiger partial charge in [-0.1, -0.05) is 12.7 Å². The molecule has 0 aliphatic rings. The van der Waals surface area contributed by atoms with Crippen molar-refractivity contribution in [2.24, 2.45) is 0 Å². The summed E-state index contributed by atoms with van der Waals surface area (Å²) in [6.45, 7) is 2.80. The first-order chi connectivity index (χ1) is 4.95. The Balaban J connectivity index is 3.61. The van der Waals surface area contributed by atoms with Gasteiger partial charge in [-0.05, 0) is 0 Å². The van der Waals surface area contributed by atoms with Crippen LogP contribution in [0.4, 0.5) is 18.0 Å². The summed E-state index contributed by atoms with van der Waals surface area (Å²) in [5.74, 6) is 0. The lowest BCUT2D eigenvalue weighted by atomic mass is 10.7. The van der Waals surface area contributed by atoms with Crippen molar-refractivity contribution in [1.29, 1.82) is 0 Å². The SMILES string of the molecule is C=CCOC(=O)OC(F)(F)F. The van der Waals surface area contributed by atoms with Gasteiger partial charge in [0.2, 0.25) is 0 Å². The highest BCUT2D eigenvalue weighted by Gasteiger charge is 2.34. The first kappa shape index (κ1) is 9.80. The van der Waals surface area contributed by atoms with Crippen LogP contribution in [0.2, 0.25) is 0 Å². The monoisotopic (exact) mass is 170 g/mol. The Hall–Kier alpha value is -1.20. The Morgan fingerprint density at radius 1 is 1.55 bits per heavy atom. The summed E-state index contributed by atoms with van der Waals surface area (Å²) < 4.78 is 40.3. The molecular weight excluding hydrogens is 165 g/mol. The van der Waals surface area contributed by atoms with E-state index in [1.165, 1.54) is 0 Å². The van der Waals surface area contributed by atoms with Gasteiger partial charge in [0.1, 0.15) is 6.61 Å². The lowest BCUT2D eigenvalue weighted by Crippen LogP contribution is -2.20. The normalized spacial score (nSPS) is 10.5. The standard InChI is InChI=1S/C5H5F3O3/c1-2-3-10-4(9)11-5(6,7)8/h2H,1,3H2. The van der Waals surface area contributed by atoms with Crippen LogP contribution in [0.15, 0.2) is 12.7 Å². The predicted octanol–water partition coefficient (Wildman–Crippen LogP) is 1.85. The summed E-state index contributed by atoms with van der Waals surface area (Å²) in [6.07, 6.45) is -5.65. The second-order valence-electron chi connectivity index (χ2n) is 1.40. The van der Waals surface area contributed by atoms with Gasteiger partial charge in [0.25, 0.3) is 0 Å². The zero-order valence-electron chi connectivity index (χ0n) is 5.35. The van der Waals surface area contributed by atoms with Crippen molar-refractivity contribution in [2.45, 2.75) is 6.36 Å². The lowest BCUT2D eigenvalue weighted by Gasteiger charge is -2.05. The third-order valence-corrected chi connectivity index (χ3v) is 0.518. The Morgan fingerprint density at radius 2 is 2.09 bits per heavy atom. The van der Waals surface area contributed by atoms with Crippen LogP contribution in [0.3, 0.4) is 0 Å². The van der Waals surface area contributed by atoms with Crippen molar-refractivity contribution in [1.82, 2.24) is 0 Å². The minimum Gasteiger partial charge on any atom is -0.430 e. The topological polar surface area (TPSA) is 35.5 Å². The van der Waals surface area contributed by atoms with Crippen molar-refractivity contribution in [3.8, 4) is 0 Å². The fourth-order valence-corrected chi connectivity index (χ4v) is 0.251. The Labute approximate surface area is 60.4 Å². The van der Waals surface area contributed by atoms with Crippen LogP contribution >= 0.6 is 0 Å². The maximum atomic E-state index is 11.2. The molecule has 3 nitrogen and oxygen atoms in total.